The van der Waals surface area contributed by atoms with Crippen LogP contribution < -0.4 is 10.5 Å². The number of primary sulfonamides is 1. The van der Waals surface area contributed by atoms with E-state index in [-0.39, 0.29) is 10.8 Å². The minimum Gasteiger partial charge on any atom is -0.431 e. The highest BCUT2D eigenvalue weighted by Gasteiger charge is 2.25. The van der Waals surface area contributed by atoms with Crippen molar-refractivity contribution < 1.29 is 17.6 Å². The number of hydrogen-bond donors (Lipinski definition) is 2. The number of benzene rings is 3. The quantitative estimate of drug-likeness (QED) is 0.440. The third kappa shape index (κ3) is 4.54. The Hall–Kier alpha value is -3.14. The van der Waals surface area contributed by atoms with E-state index in [1.165, 1.54) is 36.0 Å². The van der Waals surface area contributed by atoms with Gasteiger partial charge in [-0.15, -0.1) is 0 Å². The van der Waals surface area contributed by atoms with Crippen LogP contribution in [0.5, 0.6) is 0 Å². The van der Waals surface area contributed by atoms with E-state index in [2.05, 4.69) is 10.3 Å². The van der Waals surface area contributed by atoms with Crippen LogP contribution in [0.4, 0.5) is 5.69 Å². The van der Waals surface area contributed by atoms with Gasteiger partial charge in [0.05, 0.1) is 4.90 Å². The zero-order chi connectivity index (χ0) is 21.1. The van der Waals surface area contributed by atoms with E-state index in [4.69, 9.17) is 9.56 Å². The van der Waals surface area contributed by atoms with Crippen molar-refractivity contribution in [2.45, 2.75) is 15.4 Å². The van der Waals surface area contributed by atoms with E-state index < -0.39 is 15.3 Å². The summed E-state index contributed by atoms with van der Waals surface area (Å²) < 4.78 is 28.6. The van der Waals surface area contributed by atoms with Crippen molar-refractivity contribution in [3.63, 3.8) is 0 Å². The molecule has 0 radical (unpaired) electrons. The second kappa shape index (κ2) is 8.31. The lowest BCUT2D eigenvalue weighted by Crippen LogP contribution is -2.19. The third-order valence-corrected chi connectivity index (χ3v) is 6.31. The van der Waals surface area contributed by atoms with Crippen LogP contribution in [-0.2, 0) is 14.8 Å². The molecule has 30 heavy (non-hydrogen) atoms. The number of aromatic nitrogens is 1. The summed E-state index contributed by atoms with van der Waals surface area (Å²) in [5, 5.41) is 7.67. The van der Waals surface area contributed by atoms with Crippen LogP contribution in [0.1, 0.15) is 10.8 Å². The number of oxazole rings is 1. The molecule has 4 rings (SSSR count). The summed E-state index contributed by atoms with van der Waals surface area (Å²) in [5.74, 6) is -0.295. The molecule has 1 heterocycles. The molecule has 0 spiro atoms. The van der Waals surface area contributed by atoms with E-state index in [9.17, 15) is 13.2 Å². The Bertz CT molecular complexity index is 1250. The molecular formula is C21H17N3O4S2. The molecule has 1 atom stereocenters. The van der Waals surface area contributed by atoms with Gasteiger partial charge in [-0.1, -0.05) is 42.5 Å². The zero-order valence-corrected chi connectivity index (χ0v) is 17.2. The van der Waals surface area contributed by atoms with E-state index >= 15 is 0 Å². The van der Waals surface area contributed by atoms with Crippen LogP contribution in [-0.4, -0.2) is 19.3 Å². The molecule has 3 aromatic carbocycles. The highest BCUT2D eigenvalue weighted by Crippen LogP contribution is 2.37. The minimum atomic E-state index is -3.80. The van der Waals surface area contributed by atoms with Crippen LogP contribution in [0.2, 0.25) is 0 Å². The number of anilines is 1. The second-order valence-corrected chi connectivity index (χ2v) is 9.03. The van der Waals surface area contributed by atoms with Gasteiger partial charge in [-0.05, 0) is 53.7 Å². The normalized spacial score (nSPS) is 12.6. The van der Waals surface area contributed by atoms with Crippen LogP contribution in [0, 0.1) is 0 Å². The average molecular weight is 440 g/mol. The van der Waals surface area contributed by atoms with Gasteiger partial charge in [0.15, 0.2) is 5.58 Å². The van der Waals surface area contributed by atoms with Gasteiger partial charge >= 0.3 is 0 Å². The standard InChI is InChI=1S/C21H17N3O4S2/c22-30(26,27)16-12-10-15(11-13-16)23-20(25)19(14-6-2-1-3-7-14)29-21-24-17-8-4-5-9-18(17)28-21/h1-13,19H,(H,23,25)(H2,22,26,27)/t19-/m0/s1. The molecule has 152 valence electrons. The Kier molecular flexibility index (Phi) is 5.58. The Morgan fingerprint density at radius 1 is 0.967 bits per heavy atom. The SMILES string of the molecule is NS(=O)(=O)c1ccc(NC(=O)[C@@H](Sc2nc3ccccc3o2)c2ccccc2)cc1. The lowest BCUT2D eigenvalue weighted by atomic mass is 10.1. The van der Waals surface area contributed by atoms with E-state index in [0.717, 1.165) is 5.56 Å². The number of amides is 1. The predicted molar refractivity (Wildman–Crippen MR) is 115 cm³/mol. The Morgan fingerprint density at radius 3 is 2.30 bits per heavy atom. The molecule has 0 aliphatic carbocycles. The van der Waals surface area contributed by atoms with E-state index in [1.54, 1.807) is 0 Å². The third-order valence-electron chi connectivity index (χ3n) is 4.28. The summed E-state index contributed by atoms with van der Waals surface area (Å²) in [6, 6.07) is 22.3. The maximum atomic E-state index is 13.1. The molecule has 3 N–H and O–H groups in total. The molecule has 0 unspecified atom stereocenters. The van der Waals surface area contributed by atoms with Gasteiger partial charge in [-0.2, -0.15) is 0 Å². The number of para-hydroxylation sites is 2. The van der Waals surface area contributed by atoms with Crippen molar-refractivity contribution in [2.75, 3.05) is 5.32 Å². The highest BCUT2D eigenvalue weighted by molar-refractivity contribution is 8.00. The maximum absolute atomic E-state index is 13.1. The summed E-state index contributed by atoms with van der Waals surface area (Å²) in [5.41, 5.74) is 2.59. The summed E-state index contributed by atoms with van der Waals surface area (Å²) in [6.07, 6.45) is 0. The van der Waals surface area contributed by atoms with Crippen LogP contribution >= 0.6 is 11.8 Å². The smallest absolute Gasteiger partial charge is 0.257 e. The molecule has 0 fully saturated rings. The van der Waals surface area contributed by atoms with Crippen molar-refractivity contribution in [1.82, 2.24) is 4.98 Å². The largest absolute Gasteiger partial charge is 0.431 e. The molecule has 0 aliphatic heterocycles. The number of rotatable bonds is 6. The summed E-state index contributed by atoms with van der Waals surface area (Å²) in [7, 11) is -3.80. The Morgan fingerprint density at radius 2 is 1.63 bits per heavy atom. The summed E-state index contributed by atoms with van der Waals surface area (Å²) in [4.78, 5) is 17.5. The molecule has 7 nitrogen and oxygen atoms in total. The number of nitrogens with zero attached hydrogens (tertiary/aromatic N) is 1. The van der Waals surface area contributed by atoms with Gasteiger partial charge in [0.2, 0.25) is 15.9 Å². The molecule has 0 aliphatic rings. The molecule has 4 aromatic rings. The number of thioether (sulfide) groups is 1. The first kappa shape index (κ1) is 20.1. The number of carbonyl (C=O) groups excluding carboxylic acids is 1. The van der Waals surface area contributed by atoms with Crippen molar-refractivity contribution in [2.24, 2.45) is 5.14 Å². The minimum absolute atomic E-state index is 0.0269. The van der Waals surface area contributed by atoms with Crippen LogP contribution in [0.25, 0.3) is 11.1 Å². The van der Waals surface area contributed by atoms with Gasteiger partial charge < -0.3 is 9.73 Å². The number of sulfonamides is 1. The van der Waals surface area contributed by atoms with Gasteiger partial charge in [0, 0.05) is 5.69 Å². The molecule has 0 saturated heterocycles. The van der Waals surface area contributed by atoms with Crippen molar-refractivity contribution in [3.05, 3.63) is 84.4 Å². The number of hydrogen-bond acceptors (Lipinski definition) is 6. The Labute approximate surface area is 177 Å². The number of nitrogens with two attached hydrogens (primary N) is 1. The molecule has 0 bridgehead atoms. The molecule has 9 heteroatoms. The van der Waals surface area contributed by atoms with Crippen molar-refractivity contribution in [1.29, 1.82) is 0 Å². The predicted octanol–water partition coefficient (Wildman–Crippen LogP) is 3.95. The Balaban J connectivity index is 1.60. The van der Waals surface area contributed by atoms with Crippen molar-refractivity contribution in [3.8, 4) is 0 Å². The lowest BCUT2D eigenvalue weighted by Gasteiger charge is -2.15. The molecule has 1 amide bonds. The van der Waals surface area contributed by atoms with Gasteiger partial charge in [-0.25, -0.2) is 18.5 Å². The van der Waals surface area contributed by atoms with E-state index in [0.29, 0.717) is 22.0 Å². The molecule has 0 saturated carbocycles. The van der Waals surface area contributed by atoms with Gasteiger partial charge in [0.25, 0.3) is 5.22 Å². The highest BCUT2D eigenvalue weighted by atomic mass is 32.2. The number of fused-ring (bicyclic) bond motifs is 1. The average Bonchev–Trinajstić information content (AvgIpc) is 3.15. The first-order valence-corrected chi connectivity index (χ1v) is 11.3. The first-order chi connectivity index (χ1) is 14.4. The topological polar surface area (TPSA) is 115 Å². The van der Waals surface area contributed by atoms with Crippen molar-refractivity contribution >= 4 is 44.5 Å². The fraction of sp³-hybridized carbons (Fsp3) is 0.0476. The van der Waals surface area contributed by atoms with Crippen LogP contribution in [0.15, 0.2) is 93.4 Å². The lowest BCUT2D eigenvalue weighted by molar-refractivity contribution is -0.115. The summed E-state index contributed by atoms with van der Waals surface area (Å²) in [6.45, 7) is 0. The van der Waals surface area contributed by atoms with Crippen LogP contribution in [0.3, 0.4) is 0 Å². The van der Waals surface area contributed by atoms with Gasteiger partial charge in [-0.3, -0.25) is 4.79 Å². The molecular weight excluding hydrogens is 422 g/mol. The summed E-state index contributed by atoms with van der Waals surface area (Å²) >= 11 is 1.20. The first-order valence-electron chi connectivity index (χ1n) is 8.91. The fourth-order valence-corrected chi connectivity index (χ4v) is 4.30. The number of nitrogens with one attached hydrogen (secondary N) is 1. The monoisotopic (exact) mass is 439 g/mol. The second-order valence-electron chi connectivity index (χ2n) is 6.41. The fourth-order valence-electron chi connectivity index (χ4n) is 2.84. The van der Waals surface area contributed by atoms with E-state index in [1.807, 2.05) is 54.6 Å². The van der Waals surface area contributed by atoms with Gasteiger partial charge in [0.1, 0.15) is 10.8 Å². The maximum Gasteiger partial charge on any atom is 0.257 e. The number of carbonyl (C=O) groups is 1. The zero-order valence-electron chi connectivity index (χ0n) is 15.6. The molecule has 1 aromatic heterocycles.